The Morgan fingerprint density at radius 1 is 1.00 bits per heavy atom. The lowest BCUT2D eigenvalue weighted by Crippen LogP contribution is -2.13. The average Bonchev–Trinajstić information content (AvgIpc) is 2.84. The van der Waals surface area contributed by atoms with E-state index in [1.54, 1.807) is 6.07 Å². The third-order valence-corrected chi connectivity index (χ3v) is 5.18. The molecule has 0 aliphatic heterocycles. The van der Waals surface area contributed by atoms with Crippen molar-refractivity contribution < 1.29 is 24.1 Å². The Morgan fingerprint density at radius 2 is 1.72 bits per heavy atom. The molecule has 1 amide bonds. The van der Waals surface area contributed by atoms with Crippen LogP contribution in [-0.2, 0) is 4.79 Å². The van der Waals surface area contributed by atoms with Crippen molar-refractivity contribution in [3.8, 4) is 23.3 Å². The van der Waals surface area contributed by atoms with Crippen LogP contribution in [0.4, 0.5) is 17.1 Å². The molecular weight excluding hydrogens is 515 g/mol. The molecule has 11 nitrogen and oxygen atoms in total. The molecule has 1 N–H and O–H groups in total. The highest BCUT2D eigenvalue weighted by molar-refractivity contribution is 6.36. The Morgan fingerprint density at radius 3 is 2.36 bits per heavy atom. The van der Waals surface area contributed by atoms with E-state index in [0.29, 0.717) is 10.6 Å². The number of hydrogen-bond donors (Lipinski definition) is 1. The van der Waals surface area contributed by atoms with Gasteiger partial charge < -0.3 is 14.8 Å². The van der Waals surface area contributed by atoms with E-state index < -0.39 is 27.1 Å². The van der Waals surface area contributed by atoms with E-state index in [1.165, 1.54) is 49.6 Å². The summed E-state index contributed by atoms with van der Waals surface area (Å²) in [5.74, 6) is -0.864. The molecule has 3 aromatic rings. The second-order valence-corrected chi connectivity index (χ2v) is 7.77. The Hall–Kier alpha value is -4.66. The SMILES string of the molecule is COc1ccc(/C=C(\C#N)C(=O)Nc2cc(Cl)ccc2Cl)cc1Oc1ccc([N+](=O)[O-])cc1[N+](=O)[O-]. The van der Waals surface area contributed by atoms with Crippen LogP contribution in [0.5, 0.6) is 17.2 Å². The van der Waals surface area contributed by atoms with Crippen molar-refractivity contribution in [3.05, 3.63) is 96.0 Å². The first-order chi connectivity index (χ1) is 17.1. The van der Waals surface area contributed by atoms with E-state index in [9.17, 15) is 30.3 Å². The van der Waals surface area contributed by atoms with Gasteiger partial charge in [0.25, 0.3) is 11.6 Å². The number of rotatable bonds is 8. The summed E-state index contributed by atoms with van der Waals surface area (Å²) >= 11 is 12.0. The summed E-state index contributed by atoms with van der Waals surface area (Å²) < 4.78 is 10.9. The fourth-order valence-corrected chi connectivity index (χ4v) is 3.26. The minimum Gasteiger partial charge on any atom is -0.493 e. The maximum absolute atomic E-state index is 12.6. The number of hydrogen-bond acceptors (Lipinski definition) is 8. The first-order valence-electron chi connectivity index (χ1n) is 9.80. The molecule has 182 valence electrons. The van der Waals surface area contributed by atoms with E-state index in [-0.39, 0.29) is 33.5 Å². The number of nitrogens with zero attached hydrogens (tertiary/aromatic N) is 3. The molecular formula is C23H14Cl2N4O7. The van der Waals surface area contributed by atoms with Crippen LogP contribution < -0.4 is 14.8 Å². The molecule has 0 unspecified atom stereocenters. The zero-order chi connectivity index (χ0) is 26.4. The summed E-state index contributed by atoms with van der Waals surface area (Å²) in [5.41, 5.74) is -0.882. The summed E-state index contributed by atoms with van der Waals surface area (Å²) in [6, 6.07) is 13.5. The zero-order valence-corrected chi connectivity index (χ0v) is 19.7. The molecule has 3 aromatic carbocycles. The normalized spacial score (nSPS) is 10.8. The molecule has 3 rings (SSSR count). The van der Waals surface area contributed by atoms with Crippen molar-refractivity contribution in [1.82, 2.24) is 0 Å². The lowest BCUT2D eigenvalue weighted by molar-refractivity contribution is -0.394. The topological polar surface area (TPSA) is 158 Å². The fourth-order valence-electron chi connectivity index (χ4n) is 2.93. The molecule has 0 saturated carbocycles. The number of ether oxygens (including phenoxy) is 2. The van der Waals surface area contributed by atoms with Crippen LogP contribution in [0.1, 0.15) is 5.56 Å². The standard InChI is InChI=1S/C23H14Cl2N4O7/c1-35-21-6-2-13(8-14(12-26)23(30)27-18-10-15(24)3-5-17(18)25)9-22(21)36-20-7-4-16(28(31)32)11-19(20)29(33)34/h2-11H,1H3,(H,27,30)/b14-8+. The van der Waals surface area contributed by atoms with Gasteiger partial charge in [0.1, 0.15) is 11.6 Å². The van der Waals surface area contributed by atoms with Crippen LogP contribution in [0.3, 0.4) is 0 Å². The predicted molar refractivity (Wildman–Crippen MR) is 132 cm³/mol. The van der Waals surface area contributed by atoms with Crippen LogP contribution in [0.25, 0.3) is 6.08 Å². The number of amides is 1. The second kappa shape index (κ2) is 11.2. The molecule has 0 aromatic heterocycles. The molecule has 0 radical (unpaired) electrons. The number of methoxy groups -OCH3 is 1. The molecule has 0 bridgehead atoms. The Bertz CT molecular complexity index is 1450. The molecule has 0 aliphatic rings. The predicted octanol–water partition coefficient (Wildman–Crippen LogP) is 6.16. The van der Waals surface area contributed by atoms with Gasteiger partial charge in [0, 0.05) is 11.1 Å². The van der Waals surface area contributed by atoms with Crippen molar-refractivity contribution in [2.75, 3.05) is 12.4 Å². The Labute approximate surface area is 213 Å². The van der Waals surface area contributed by atoms with Crippen molar-refractivity contribution in [2.24, 2.45) is 0 Å². The maximum Gasteiger partial charge on any atom is 0.318 e. The largest absolute Gasteiger partial charge is 0.493 e. The Balaban J connectivity index is 1.95. The number of carbonyl (C=O) groups is 1. The first-order valence-corrected chi connectivity index (χ1v) is 10.6. The summed E-state index contributed by atoms with van der Waals surface area (Å²) in [6.45, 7) is 0. The van der Waals surface area contributed by atoms with Gasteiger partial charge in [-0.15, -0.1) is 0 Å². The monoisotopic (exact) mass is 528 g/mol. The minimum absolute atomic E-state index is 0.00112. The van der Waals surface area contributed by atoms with Gasteiger partial charge in [-0.1, -0.05) is 29.3 Å². The number of carbonyl (C=O) groups excluding carboxylic acids is 1. The van der Waals surface area contributed by atoms with E-state index in [4.69, 9.17) is 32.7 Å². The van der Waals surface area contributed by atoms with Gasteiger partial charge in [0.2, 0.25) is 5.75 Å². The van der Waals surface area contributed by atoms with Gasteiger partial charge in [-0.25, -0.2) is 0 Å². The van der Waals surface area contributed by atoms with Crippen molar-refractivity contribution in [1.29, 1.82) is 5.26 Å². The lowest BCUT2D eigenvalue weighted by Gasteiger charge is -2.12. The molecule has 0 aliphatic carbocycles. The number of nitro groups is 2. The van der Waals surface area contributed by atoms with E-state index in [2.05, 4.69) is 5.32 Å². The van der Waals surface area contributed by atoms with Crippen LogP contribution in [0, 0.1) is 31.6 Å². The molecule has 0 spiro atoms. The van der Waals surface area contributed by atoms with Gasteiger partial charge in [-0.2, -0.15) is 5.26 Å². The molecule has 0 saturated heterocycles. The molecule has 36 heavy (non-hydrogen) atoms. The third-order valence-electron chi connectivity index (χ3n) is 4.61. The van der Waals surface area contributed by atoms with Crippen molar-refractivity contribution in [2.45, 2.75) is 0 Å². The van der Waals surface area contributed by atoms with E-state index in [0.717, 1.165) is 18.2 Å². The maximum atomic E-state index is 12.6. The molecule has 0 fully saturated rings. The molecule has 13 heteroatoms. The Kier molecular flexibility index (Phi) is 8.06. The highest BCUT2D eigenvalue weighted by Crippen LogP contribution is 2.38. The smallest absolute Gasteiger partial charge is 0.318 e. The van der Waals surface area contributed by atoms with Crippen LogP contribution in [0.2, 0.25) is 10.0 Å². The minimum atomic E-state index is -0.822. The number of anilines is 1. The van der Waals surface area contributed by atoms with E-state index in [1.807, 2.05) is 0 Å². The van der Waals surface area contributed by atoms with Crippen LogP contribution in [-0.4, -0.2) is 22.9 Å². The number of non-ortho nitro benzene ring substituents is 1. The second-order valence-electron chi connectivity index (χ2n) is 6.93. The molecule has 0 atom stereocenters. The highest BCUT2D eigenvalue weighted by Gasteiger charge is 2.22. The first kappa shape index (κ1) is 26.0. The van der Waals surface area contributed by atoms with Crippen molar-refractivity contribution >= 4 is 52.2 Å². The van der Waals surface area contributed by atoms with E-state index >= 15 is 0 Å². The highest BCUT2D eigenvalue weighted by atomic mass is 35.5. The van der Waals surface area contributed by atoms with Crippen LogP contribution >= 0.6 is 23.2 Å². The average molecular weight is 529 g/mol. The van der Waals surface area contributed by atoms with Gasteiger partial charge in [0.15, 0.2) is 11.5 Å². The van der Waals surface area contributed by atoms with Gasteiger partial charge in [-0.3, -0.25) is 25.0 Å². The number of halogens is 2. The zero-order valence-electron chi connectivity index (χ0n) is 18.2. The van der Waals surface area contributed by atoms with Crippen LogP contribution in [0.15, 0.2) is 60.2 Å². The molecule has 0 heterocycles. The van der Waals surface area contributed by atoms with Gasteiger partial charge in [-0.05, 0) is 48.0 Å². The summed E-state index contributed by atoms with van der Waals surface area (Å²) in [6.07, 6.45) is 1.25. The number of benzene rings is 3. The van der Waals surface area contributed by atoms with Gasteiger partial charge >= 0.3 is 5.69 Å². The quantitative estimate of drug-likeness (QED) is 0.157. The number of nitro benzene ring substituents is 2. The third kappa shape index (κ3) is 6.06. The summed E-state index contributed by atoms with van der Waals surface area (Å²) in [5, 5.41) is 35.0. The lowest BCUT2D eigenvalue weighted by atomic mass is 10.1. The number of nitrogens with one attached hydrogen (secondary N) is 1. The fraction of sp³-hybridized carbons (Fsp3) is 0.0435. The summed E-state index contributed by atoms with van der Waals surface area (Å²) in [7, 11) is 1.34. The number of nitriles is 1. The van der Waals surface area contributed by atoms with Crippen molar-refractivity contribution in [3.63, 3.8) is 0 Å². The van der Waals surface area contributed by atoms with Gasteiger partial charge in [0.05, 0.1) is 33.7 Å². The summed E-state index contributed by atoms with van der Waals surface area (Å²) in [4.78, 5) is 33.4.